The molecule has 1 aliphatic heterocycles. The minimum atomic E-state index is -0.435. The van der Waals surface area contributed by atoms with E-state index in [0.29, 0.717) is 13.1 Å². The summed E-state index contributed by atoms with van der Waals surface area (Å²) in [6.45, 7) is 11.3. The first-order chi connectivity index (χ1) is 9.76. The largest absolute Gasteiger partial charge is 0.444 e. The number of hydrogen-bond donors (Lipinski definition) is 0. The van der Waals surface area contributed by atoms with Gasteiger partial charge in [0.15, 0.2) is 0 Å². The number of amides is 1. The molecule has 2 rings (SSSR count). The Bertz CT molecular complexity index is 567. The smallest absolute Gasteiger partial charge is 0.410 e. The van der Waals surface area contributed by atoms with Crippen molar-refractivity contribution >= 4 is 11.7 Å². The van der Waals surface area contributed by atoms with Crippen molar-refractivity contribution in [1.29, 1.82) is 0 Å². The van der Waals surface area contributed by atoms with E-state index in [-0.39, 0.29) is 6.09 Å². The lowest BCUT2D eigenvalue weighted by Gasteiger charge is -2.29. The molecule has 1 aliphatic rings. The first-order valence-corrected chi connectivity index (χ1v) is 7.51. The minimum Gasteiger partial charge on any atom is -0.444 e. The summed E-state index contributed by atoms with van der Waals surface area (Å²) in [6.07, 6.45) is 2.79. The Kier molecular flexibility index (Phi) is 4.40. The van der Waals surface area contributed by atoms with Crippen LogP contribution in [-0.2, 0) is 4.74 Å². The zero-order chi connectivity index (χ0) is 15.6. The van der Waals surface area contributed by atoms with Gasteiger partial charge >= 0.3 is 6.09 Å². The molecular weight excluding hydrogens is 262 g/mol. The van der Waals surface area contributed by atoms with Crippen LogP contribution in [0.5, 0.6) is 0 Å². The fraction of sp³-hybridized carbons (Fsp3) is 0.500. The first kappa shape index (κ1) is 15.6. The minimum absolute atomic E-state index is 0.224. The summed E-state index contributed by atoms with van der Waals surface area (Å²) in [6, 6.07) is 6.55. The fourth-order valence-electron chi connectivity index (χ4n) is 2.36. The summed E-state index contributed by atoms with van der Waals surface area (Å²) < 4.78 is 5.41. The lowest BCUT2D eigenvalue weighted by molar-refractivity contribution is 0.0270. The van der Waals surface area contributed by atoms with Gasteiger partial charge in [0.25, 0.3) is 0 Å². The summed E-state index contributed by atoms with van der Waals surface area (Å²) in [7, 11) is 0. The summed E-state index contributed by atoms with van der Waals surface area (Å²) in [5, 5.41) is 0. The van der Waals surface area contributed by atoms with E-state index in [1.54, 1.807) is 4.90 Å². The van der Waals surface area contributed by atoms with Crippen molar-refractivity contribution in [2.45, 2.75) is 46.6 Å². The molecule has 0 saturated carbocycles. The predicted octanol–water partition coefficient (Wildman–Crippen LogP) is 4.33. The summed E-state index contributed by atoms with van der Waals surface area (Å²) in [4.78, 5) is 13.8. The number of carbonyl (C=O) groups excluding carboxylic acids is 1. The van der Waals surface area contributed by atoms with E-state index >= 15 is 0 Å². The molecule has 1 heterocycles. The van der Waals surface area contributed by atoms with Gasteiger partial charge in [-0.2, -0.15) is 0 Å². The van der Waals surface area contributed by atoms with Gasteiger partial charge in [-0.1, -0.05) is 24.3 Å². The molecule has 0 spiro atoms. The molecule has 0 atom stereocenters. The second kappa shape index (κ2) is 5.92. The Morgan fingerprint density at radius 1 is 1.19 bits per heavy atom. The van der Waals surface area contributed by atoms with Crippen LogP contribution in [0.3, 0.4) is 0 Å². The van der Waals surface area contributed by atoms with E-state index < -0.39 is 5.60 Å². The molecular formula is C18H25NO2. The molecule has 0 aliphatic carbocycles. The van der Waals surface area contributed by atoms with Crippen LogP contribution < -0.4 is 0 Å². The monoisotopic (exact) mass is 287 g/mol. The number of nitrogens with zero attached hydrogens (tertiary/aromatic N) is 1. The number of ether oxygens (including phenoxy) is 1. The quantitative estimate of drug-likeness (QED) is 0.769. The van der Waals surface area contributed by atoms with Crippen molar-refractivity contribution in [3.63, 3.8) is 0 Å². The number of rotatable bonds is 1. The van der Waals surface area contributed by atoms with E-state index in [9.17, 15) is 4.79 Å². The third kappa shape index (κ3) is 4.10. The van der Waals surface area contributed by atoms with E-state index in [4.69, 9.17) is 4.74 Å². The van der Waals surface area contributed by atoms with Crippen LogP contribution in [0.2, 0.25) is 0 Å². The molecule has 0 aromatic heterocycles. The maximum atomic E-state index is 12.0. The van der Waals surface area contributed by atoms with Crippen LogP contribution in [0.4, 0.5) is 4.79 Å². The number of carbonyl (C=O) groups is 1. The Balaban J connectivity index is 2.05. The molecule has 3 heteroatoms. The molecule has 1 aromatic carbocycles. The molecule has 0 N–H and O–H groups in total. The Labute approximate surface area is 127 Å². The first-order valence-electron chi connectivity index (χ1n) is 7.51. The van der Waals surface area contributed by atoms with Gasteiger partial charge < -0.3 is 9.64 Å². The van der Waals surface area contributed by atoms with Crippen LogP contribution in [-0.4, -0.2) is 29.7 Å². The Hall–Kier alpha value is -1.77. The standard InChI is InChI=1S/C18H25NO2/c1-13-6-7-16(12-14(13)2)15-8-10-19(11-9-15)17(20)21-18(3,4)5/h6-8,12H,9-11H2,1-5H3. The van der Waals surface area contributed by atoms with Crippen molar-refractivity contribution in [1.82, 2.24) is 4.90 Å². The molecule has 0 bridgehead atoms. The second-order valence-corrected chi connectivity index (χ2v) is 6.70. The predicted molar refractivity (Wildman–Crippen MR) is 86.3 cm³/mol. The normalized spacial score (nSPS) is 15.7. The number of benzene rings is 1. The highest BCUT2D eigenvalue weighted by molar-refractivity contribution is 5.73. The van der Waals surface area contributed by atoms with Crippen LogP contribution in [0.15, 0.2) is 24.3 Å². The van der Waals surface area contributed by atoms with Gasteiger partial charge in [0.2, 0.25) is 0 Å². The van der Waals surface area contributed by atoms with Crippen LogP contribution in [0.25, 0.3) is 5.57 Å². The SMILES string of the molecule is Cc1ccc(C2=CCN(C(=O)OC(C)(C)C)CC2)cc1C. The second-order valence-electron chi connectivity index (χ2n) is 6.70. The molecule has 0 fully saturated rings. The molecule has 0 unspecified atom stereocenters. The Morgan fingerprint density at radius 3 is 2.43 bits per heavy atom. The van der Waals surface area contributed by atoms with Gasteiger partial charge in [-0.3, -0.25) is 0 Å². The third-order valence-electron chi connectivity index (χ3n) is 3.74. The molecule has 0 radical (unpaired) electrons. The van der Waals surface area contributed by atoms with E-state index in [1.165, 1.54) is 22.3 Å². The zero-order valence-electron chi connectivity index (χ0n) is 13.7. The van der Waals surface area contributed by atoms with Crippen LogP contribution >= 0.6 is 0 Å². The molecule has 114 valence electrons. The van der Waals surface area contributed by atoms with E-state index in [0.717, 1.165) is 6.42 Å². The van der Waals surface area contributed by atoms with Gasteiger partial charge in [-0.25, -0.2) is 4.79 Å². The van der Waals surface area contributed by atoms with Crippen molar-refractivity contribution in [2.75, 3.05) is 13.1 Å². The fourth-order valence-corrected chi connectivity index (χ4v) is 2.36. The highest BCUT2D eigenvalue weighted by Gasteiger charge is 2.23. The molecule has 1 amide bonds. The zero-order valence-corrected chi connectivity index (χ0v) is 13.7. The van der Waals surface area contributed by atoms with Gasteiger partial charge in [-0.15, -0.1) is 0 Å². The van der Waals surface area contributed by atoms with E-state index in [2.05, 4.69) is 38.1 Å². The van der Waals surface area contributed by atoms with Gasteiger partial charge in [0.05, 0.1) is 0 Å². The molecule has 1 aromatic rings. The number of aryl methyl sites for hydroxylation is 2. The summed E-state index contributed by atoms with van der Waals surface area (Å²) in [5.74, 6) is 0. The van der Waals surface area contributed by atoms with Gasteiger partial charge in [0, 0.05) is 13.1 Å². The highest BCUT2D eigenvalue weighted by atomic mass is 16.6. The van der Waals surface area contributed by atoms with Crippen molar-refractivity contribution in [3.05, 3.63) is 41.0 Å². The van der Waals surface area contributed by atoms with Crippen molar-refractivity contribution < 1.29 is 9.53 Å². The van der Waals surface area contributed by atoms with E-state index in [1.807, 2.05) is 20.8 Å². The maximum absolute atomic E-state index is 12.0. The Morgan fingerprint density at radius 2 is 1.90 bits per heavy atom. The summed E-state index contributed by atoms with van der Waals surface area (Å²) in [5.41, 5.74) is 4.77. The van der Waals surface area contributed by atoms with Gasteiger partial charge in [0.1, 0.15) is 5.60 Å². The summed E-state index contributed by atoms with van der Waals surface area (Å²) >= 11 is 0. The average Bonchev–Trinajstić information content (AvgIpc) is 2.40. The average molecular weight is 287 g/mol. The third-order valence-corrected chi connectivity index (χ3v) is 3.74. The van der Waals surface area contributed by atoms with Crippen LogP contribution in [0, 0.1) is 13.8 Å². The van der Waals surface area contributed by atoms with Crippen molar-refractivity contribution in [2.24, 2.45) is 0 Å². The highest BCUT2D eigenvalue weighted by Crippen LogP contribution is 2.25. The van der Waals surface area contributed by atoms with Crippen LogP contribution in [0.1, 0.15) is 43.9 Å². The lowest BCUT2D eigenvalue weighted by Crippen LogP contribution is -2.39. The molecule has 0 saturated heterocycles. The molecule has 3 nitrogen and oxygen atoms in total. The number of hydrogen-bond acceptors (Lipinski definition) is 2. The maximum Gasteiger partial charge on any atom is 0.410 e. The van der Waals surface area contributed by atoms with Crippen molar-refractivity contribution in [3.8, 4) is 0 Å². The lowest BCUT2D eigenvalue weighted by atomic mass is 9.96. The van der Waals surface area contributed by atoms with Gasteiger partial charge in [-0.05, 0) is 63.3 Å². The molecule has 21 heavy (non-hydrogen) atoms. The topological polar surface area (TPSA) is 29.5 Å².